The van der Waals surface area contributed by atoms with E-state index in [0.717, 1.165) is 60.4 Å². The number of carbonyl (C=O) groups excluding carboxylic acids is 1. The van der Waals surface area contributed by atoms with Gasteiger partial charge in [-0.3, -0.25) is 9.89 Å². The van der Waals surface area contributed by atoms with E-state index in [-0.39, 0.29) is 5.91 Å². The van der Waals surface area contributed by atoms with E-state index in [1.54, 1.807) is 0 Å². The van der Waals surface area contributed by atoms with Crippen molar-refractivity contribution in [3.05, 3.63) is 34.0 Å². The lowest BCUT2D eigenvalue weighted by molar-refractivity contribution is 0.0947. The third kappa shape index (κ3) is 2.70. The molecule has 2 N–H and O–H groups in total. The highest BCUT2D eigenvalue weighted by Crippen LogP contribution is 2.22. The topological polar surface area (TPSA) is 83.8 Å². The van der Waals surface area contributed by atoms with Crippen molar-refractivity contribution in [3.63, 3.8) is 0 Å². The summed E-state index contributed by atoms with van der Waals surface area (Å²) < 4.78 is 5.13. The molecule has 0 saturated carbocycles. The summed E-state index contributed by atoms with van der Waals surface area (Å²) in [7, 11) is 0. The number of aromatic amines is 1. The lowest BCUT2D eigenvalue weighted by atomic mass is 10.1. The number of H-pyrrole nitrogens is 1. The number of carbonyl (C=O) groups is 1. The highest BCUT2D eigenvalue weighted by Gasteiger charge is 2.22. The van der Waals surface area contributed by atoms with E-state index >= 15 is 0 Å². The highest BCUT2D eigenvalue weighted by atomic mass is 16.5. The molecular formula is C15H20N4O2. The van der Waals surface area contributed by atoms with Crippen molar-refractivity contribution in [2.75, 3.05) is 6.54 Å². The Kier molecular flexibility index (Phi) is 3.77. The lowest BCUT2D eigenvalue weighted by Crippen LogP contribution is -2.26. The van der Waals surface area contributed by atoms with E-state index < -0.39 is 0 Å². The van der Waals surface area contributed by atoms with E-state index in [2.05, 4.69) is 20.7 Å². The zero-order valence-electron chi connectivity index (χ0n) is 12.5. The average molecular weight is 288 g/mol. The second-order valence-corrected chi connectivity index (χ2v) is 5.55. The molecule has 0 fully saturated rings. The van der Waals surface area contributed by atoms with Gasteiger partial charge in [0.05, 0.1) is 5.69 Å². The fourth-order valence-electron chi connectivity index (χ4n) is 2.92. The van der Waals surface area contributed by atoms with Crippen LogP contribution in [0.3, 0.4) is 0 Å². The molecule has 0 radical (unpaired) electrons. The van der Waals surface area contributed by atoms with Gasteiger partial charge in [-0.15, -0.1) is 0 Å². The average Bonchev–Trinajstić information content (AvgIpc) is 3.13. The molecule has 1 amide bonds. The number of aromatic nitrogens is 3. The fourth-order valence-corrected chi connectivity index (χ4v) is 2.92. The van der Waals surface area contributed by atoms with Crippen LogP contribution in [0.1, 0.15) is 51.6 Å². The van der Waals surface area contributed by atoms with Gasteiger partial charge in [-0.05, 0) is 46.0 Å². The van der Waals surface area contributed by atoms with Gasteiger partial charge in [0.2, 0.25) is 0 Å². The lowest BCUT2D eigenvalue weighted by Gasteiger charge is -2.04. The monoisotopic (exact) mass is 288 g/mol. The minimum absolute atomic E-state index is 0.0758. The molecule has 3 rings (SSSR count). The van der Waals surface area contributed by atoms with Gasteiger partial charge in [0.15, 0.2) is 5.69 Å². The van der Waals surface area contributed by atoms with E-state index in [9.17, 15) is 4.79 Å². The van der Waals surface area contributed by atoms with E-state index in [1.807, 2.05) is 13.8 Å². The van der Waals surface area contributed by atoms with Crippen LogP contribution in [-0.2, 0) is 19.3 Å². The molecule has 2 aromatic rings. The first-order valence-electron chi connectivity index (χ1n) is 7.43. The SMILES string of the molecule is Cc1noc(C)c1CCCNC(=O)c1n[nH]c2c1CCC2. The molecule has 0 saturated heterocycles. The molecule has 2 heterocycles. The summed E-state index contributed by atoms with van der Waals surface area (Å²) in [4.78, 5) is 12.1. The van der Waals surface area contributed by atoms with Crippen LogP contribution in [0.2, 0.25) is 0 Å². The van der Waals surface area contributed by atoms with Gasteiger partial charge in [-0.2, -0.15) is 5.10 Å². The molecule has 0 aliphatic heterocycles. The number of amides is 1. The van der Waals surface area contributed by atoms with E-state index in [4.69, 9.17) is 4.52 Å². The second kappa shape index (κ2) is 5.71. The van der Waals surface area contributed by atoms with Crippen LogP contribution >= 0.6 is 0 Å². The zero-order chi connectivity index (χ0) is 14.8. The minimum atomic E-state index is -0.0758. The van der Waals surface area contributed by atoms with Gasteiger partial charge in [-0.1, -0.05) is 5.16 Å². The van der Waals surface area contributed by atoms with Crippen molar-refractivity contribution in [3.8, 4) is 0 Å². The van der Waals surface area contributed by atoms with Gasteiger partial charge in [0.1, 0.15) is 5.76 Å². The predicted octanol–water partition coefficient (Wildman–Crippen LogP) is 1.87. The van der Waals surface area contributed by atoms with Crippen molar-refractivity contribution in [2.24, 2.45) is 0 Å². The van der Waals surface area contributed by atoms with Crippen LogP contribution in [-0.4, -0.2) is 27.8 Å². The summed E-state index contributed by atoms with van der Waals surface area (Å²) in [5, 5.41) is 14.0. The maximum absolute atomic E-state index is 12.1. The highest BCUT2D eigenvalue weighted by molar-refractivity contribution is 5.94. The van der Waals surface area contributed by atoms with Crippen LogP contribution in [0.25, 0.3) is 0 Å². The Morgan fingerprint density at radius 2 is 2.24 bits per heavy atom. The number of aryl methyl sites for hydroxylation is 3. The van der Waals surface area contributed by atoms with Crippen molar-refractivity contribution in [1.29, 1.82) is 0 Å². The molecule has 0 spiro atoms. The quantitative estimate of drug-likeness (QED) is 0.823. The van der Waals surface area contributed by atoms with Gasteiger partial charge in [0.25, 0.3) is 5.91 Å². The van der Waals surface area contributed by atoms with Crippen LogP contribution in [0.4, 0.5) is 0 Å². The Balaban J connectivity index is 1.50. The Hall–Kier alpha value is -2.11. The molecule has 6 nitrogen and oxygen atoms in total. The summed E-state index contributed by atoms with van der Waals surface area (Å²) >= 11 is 0. The van der Waals surface area contributed by atoms with Crippen molar-refractivity contribution >= 4 is 5.91 Å². The number of nitrogens with zero attached hydrogens (tertiary/aromatic N) is 2. The molecule has 0 unspecified atom stereocenters. The molecule has 6 heteroatoms. The zero-order valence-corrected chi connectivity index (χ0v) is 12.5. The number of rotatable bonds is 5. The Labute approximate surface area is 123 Å². The largest absolute Gasteiger partial charge is 0.361 e. The first-order valence-corrected chi connectivity index (χ1v) is 7.43. The van der Waals surface area contributed by atoms with E-state index in [1.165, 1.54) is 0 Å². The number of hydrogen-bond donors (Lipinski definition) is 2. The van der Waals surface area contributed by atoms with Crippen molar-refractivity contribution in [2.45, 2.75) is 46.0 Å². The van der Waals surface area contributed by atoms with Gasteiger partial charge in [0, 0.05) is 23.4 Å². The second-order valence-electron chi connectivity index (χ2n) is 5.55. The molecule has 1 aliphatic carbocycles. The normalized spacial score (nSPS) is 13.4. The molecule has 0 atom stereocenters. The smallest absolute Gasteiger partial charge is 0.272 e. The summed E-state index contributed by atoms with van der Waals surface area (Å²) in [6, 6.07) is 0. The molecule has 0 bridgehead atoms. The predicted molar refractivity (Wildman–Crippen MR) is 77.2 cm³/mol. The Morgan fingerprint density at radius 1 is 1.38 bits per heavy atom. The summed E-state index contributed by atoms with van der Waals surface area (Å²) in [6.45, 7) is 4.49. The summed E-state index contributed by atoms with van der Waals surface area (Å²) in [5.74, 6) is 0.789. The van der Waals surface area contributed by atoms with Crippen LogP contribution in [0, 0.1) is 13.8 Å². The van der Waals surface area contributed by atoms with Crippen LogP contribution in [0.15, 0.2) is 4.52 Å². The minimum Gasteiger partial charge on any atom is -0.361 e. The molecule has 2 aromatic heterocycles. The first-order chi connectivity index (χ1) is 10.2. The third-order valence-corrected chi connectivity index (χ3v) is 4.09. The van der Waals surface area contributed by atoms with Gasteiger partial charge < -0.3 is 9.84 Å². The number of nitrogens with one attached hydrogen (secondary N) is 2. The molecular weight excluding hydrogens is 268 g/mol. The standard InChI is InChI=1S/C15H20N4O2/c1-9-11(10(2)21-19-9)6-4-8-16-15(20)14-12-5-3-7-13(12)17-18-14/h3-8H2,1-2H3,(H,16,20)(H,17,18). The molecule has 21 heavy (non-hydrogen) atoms. The van der Waals surface area contributed by atoms with Crippen LogP contribution < -0.4 is 5.32 Å². The molecule has 112 valence electrons. The van der Waals surface area contributed by atoms with Crippen molar-refractivity contribution < 1.29 is 9.32 Å². The molecule has 0 aromatic carbocycles. The summed E-state index contributed by atoms with van der Waals surface area (Å²) in [6.07, 6.45) is 4.78. The van der Waals surface area contributed by atoms with Gasteiger partial charge >= 0.3 is 0 Å². The fraction of sp³-hybridized carbons (Fsp3) is 0.533. The van der Waals surface area contributed by atoms with Crippen LogP contribution in [0.5, 0.6) is 0 Å². The van der Waals surface area contributed by atoms with Crippen molar-refractivity contribution in [1.82, 2.24) is 20.7 Å². The third-order valence-electron chi connectivity index (χ3n) is 4.09. The molecule has 1 aliphatic rings. The Morgan fingerprint density at radius 3 is 3.00 bits per heavy atom. The number of hydrogen-bond acceptors (Lipinski definition) is 4. The number of fused-ring (bicyclic) bond motifs is 1. The maximum Gasteiger partial charge on any atom is 0.272 e. The first kappa shape index (κ1) is 13.9. The summed E-state index contributed by atoms with van der Waals surface area (Å²) in [5.41, 5.74) is 4.86. The van der Waals surface area contributed by atoms with Gasteiger partial charge in [-0.25, -0.2) is 0 Å². The van der Waals surface area contributed by atoms with E-state index in [0.29, 0.717) is 12.2 Å². The maximum atomic E-state index is 12.1. The Bertz CT molecular complexity index is 637.